The Balaban J connectivity index is 1.85. The van der Waals surface area contributed by atoms with Crippen LogP contribution in [0.3, 0.4) is 0 Å². The van der Waals surface area contributed by atoms with E-state index in [-0.39, 0.29) is 18.4 Å². The average molecular weight is 338 g/mol. The summed E-state index contributed by atoms with van der Waals surface area (Å²) in [6, 6.07) is 17.1. The van der Waals surface area contributed by atoms with Crippen molar-refractivity contribution in [1.82, 2.24) is 0 Å². The van der Waals surface area contributed by atoms with Crippen LogP contribution in [-0.2, 0) is 9.59 Å². The van der Waals surface area contributed by atoms with Crippen LogP contribution in [0.2, 0.25) is 0 Å². The molecular weight excluding hydrogens is 320 g/mol. The van der Waals surface area contributed by atoms with Crippen molar-refractivity contribution in [1.29, 1.82) is 0 Å². The number of thioether (sulfide) groups is 1. The van der Waals surface area contributed by atoms with Crippen LogP contribution in [0.1, 0.15) is 0 Å². The molecule has 0 atom stereocenters. The van der Waals surface area contributed by atoms with E-state index >= 15 is 0 Å². The standard InChI is InChI=1S/C19H18N2O2S/c1-2-12-20(15-8-4-3-5-9-15)18(22)13-21-16-10-6-7-11-17(16)24-14-19(21)23/h2-11H,1,12-14H2. The van der Waals surface area contributed by atoms with Gasteiger partial charge >= 0.3 is 0 Å². The van der Waals surface area contributed by atoms with Gasteiger partial charge in [-0.2, -0.15) is 0 Å². The third kappa shape index (κ3) is 3.36. The molecule has 2 amide bonds. The first-order valence-electron chi connectivity index (χ1n) is 7.69. The second-order valence-corrected chi connectivity index (χ2v) is 6.38. The Hall–Kier alpha value is -2.53. The summed E-state index contributed by atoms with van der Waals surface area (Å²) in [6.45, 7) is 4.16. The Bertz CT molecular complexity index is 761. The second-order valence-electron chi connectivity index (χ2n) is 5.36. The lowest BCUT2D eigenvalue weighted by molar-refractivity contribution is -0.121. The van der Waals surface area contributed by atoms with Crippen LogP contribution < -0.4 is 9.80 Å². The summed E-state index contributed by atoms with van der Waals surface area (Å²) in [5.74, 6) is 0.187. The van der Waals surface area contributed by atoms with Gasteiger partial charge in [-0.05, 0) is 24.3 Å². The smallest absolute Gasteiger partial charge is 0.247 e. The number of anilines is 2. The molecule has 0 radical (unpaired) electrons. The Morgan fingerprint density at radius 3 is 2.62 bits per heavy atom. The predicted molar refractivity (Wildman–Crippen MR) is 98.5 cm³/mol. The molecule has 1 heterocycles. The summed E-state index contributed by atoms with van der Waals surface area (Å²) in [6.07, 6.45) is 1.69. The van der Waals surface area contributed by atoms with Gasteiger partial charge in [0.25, 0.3) is 0 Å². The quantitative estimate of drug-likeness (QED) is 0.785. The van der Waals surface area contributed by atoms with E-state index in [2.05, 4.69) is 6.58 Å². The fraction of sp³-hybridized carbons (Fsp3) is 0.158. The molecule has 1 aliphatic rings. The van der Waals surface area contributed by atoms with Crippen molar-refractivity contribution in [2.75, 3.05) is 28.6 Å². The van der Waals surface area contributed by atoms with Gasteiger partial charge in [-0.25, -0.2) is 0 Å². The summed E-state index contributed by atoms with van der Waals surface area (Å²) in [5, 5.41) is 0. The number of rotatable bonds is 5. The normalized spacial score (nSPS) is 13.3. The highest BCUT2D eigenvalue weighted by Gasteiger charge is 2.28. The lowest BCUT2D eigenvalue weighted by atomic mass is 10.2. The van der Waals surface area contributed by atoms with Crippen LogP contribution >= 0.6 is 11.8 Å². The van der Waals surface area contributed by atoms with E-state index in [0.717, 1.165) is 16.3 Å². The molecule has 5 heteroatoms. The Morgan fingerprint density at radius 2 is 1.88 bits per heavy atom. The fourth-order valence-corrected chi connectivity index (χ4v) is 3.57. The van der Waals surface area contributed by atoms with E-state index in [9.17, 15) is 9.59 Å². The van der Waals surface area contributed by atoms with Gasteiger partial charge in [0.05, 0.1) is 11.4 Å². The third-order valence-corrected chi connectivity index (χ3v) is 4.83. The first-order chi connectivity index (χ1) is 11.7. The number of amides is 2. The summed E-state index contributed by atoms with van der Waals surface area (Å²) in [7, 11) is 0. The van der Waals surface area contributed by atoms with Crippen molar-refractivity contribution in [3.8, 4) is 0 Å². The Morgan fingerprint density at radius 1 is 1.17 bits per heavy atom. The molecule has 3 rings (SSSR count). The number of nitrogens with zero attached hydrogens (tertiary/aromatic N) is 2. The Kier molecular flexibility index (Phi) is 5.01. The zero-order chi connectivity index (χ0) is 16.9. The summed E-state index contributed by atoms with van der Waals surface area (Å²) in [5.41, 5.74) is 1.60. The number of benzene rings is 2. The van der Waals surface area contributed by atoms with E-state index in [0.29, 0.717) is 12.3 Å². The molecule has 0 saturated heterocycles. The number of para-hydroxylation sites is 2. The van der Waals surface area contributed by atoms with Gasteiger partial charge in [0.2, 0.25) is 11.8 Å². The number of carbonyl (C=O) groups is 2. The second kappa shape index (κ2) is 7.36. The maximum Gasteiger partial charge on any atom is 0.247 e. The first-order valence-corrected chi connectivity index (χ1v) is 8.68. The molecule has 2 aromatic carbocycles. The minimum Gasteiger partial charge on any atom is -0.307 e. The monoisotopic (exact) mass is 338 g/mol. The molecule has 0 spiro atoms. The molecule has 2 aromatic rings. The molecule has 0 saturated carbocycles. The molecule has 0 bridgehead atoms. The van der Waals surface area contributed by atoms with Crippen LogP contribution in [0.5, 0.6) is 0 Å². The van der Waals surface area contributed by atoms with Crippen molar-refractivity contribution >= 4 is 35.0 Å². The molecule has 1 aliphatic heterocycles. The minimum atomic E-state index is -0.129. The van der Waals surface area contributed by atoms with Crippen LogP contribution in [0.25, 0.3) is 0 Å². The maximum absolute atomic E-state index is 12.8. The average Bonchev–Trinajstić information content (AvgIpc) is 2.62. The van der Waals surface area contributed by atoms with E-state index in [1.54, 1.807) is 15.9 Å². The molecule has 0 N–H and O–H groups in total. The van der Waals surface area contributed by atoms with Gasteiger partial charge < -0.3 is 9.80 Å². The summed E-state index contributed by atoms with van der Waals surface area (Å²) < 4.78 is 0. The maximum atomic E-state index is 12.8. The molecular formula is C19H18N2O2S. The van der Waals surface area contributed by atoms with E-state index in [4.69, 9.17) is 0 Å². The first kappa shape index (κ1) is 16.3. The van der Waals surface area contributed by atoms with Crippen molar-refractivity contribution in [2.45, 2.75) is 4.90 Å². The van der Waals surface area contributed by atoms with Gasteiger partial charge in [0.1, 0.15) is 6.54 Å². The van der Waals surface area contributed by atoms with Crippen LogP contribution in [0, 0.1) is 0 Å². The predicted octanol–water partition coefficient (Wildman–Crippen LogP) is 3.34. The molecule has 4 nitrogen and oxygen atoms in total. The molecule has 0 fully saturated rings. The van der Waals surface area contributed by atoms with E-state index in [1.165, 1.54) is 11.8 Å². The van der Waals surface area contributed by atoms with Crippen LogP contribution in [0.4, 0.5) is 11.4 Å². The van der Waals surface area contributed by atoms with E-state index in [1.807, 2.05) is 54.6 Å². The van der Waals surface area contributed by atoms with E-state index < -0.39 is 0 Å². The number of carbonyl (C=O) groups excluding carboxylic acids is 2. The fourth-order valence-electron chi connectivity index (χ4n) is 2.64. The highest BCUT2D eigenvalue weighted by molar-refractivity contribution is 8.00. The Labute approximate surface area is 145 Å². The largest absolute Gasteiger partial charge is 0.307 e. The summed E-state index contributed by atoms with van der Waals surface area (Å²) in [4.78, 5) is 29.4. The number of hydrogen-bond acceptors (Lipinski definition) is 3. The summed E-state index contributed by atoms with van der Waals surface area (Å²) >= 11 is 1.51. The van der Waals surface area contributed by atoms with Crippen LogP contribution in [-0.4, -0.2) is 30.7 Å². The topological polar surface area (TPSA) is 40.6 Å². The molecule has 0 unspecified atom stereocenters. The van der Waals surface area contributed by atoms with Crippen molar-refractivity contribution in [3.63, 3.8) is 0 Å². The lowest BCUT2D eigenvalue weighted by Crippen LogP contribution is -2.45. The van der Waals surface area contributed by atoms with Crippen LogP contribution in [0.15, 0.2) is 72.1 Å². The van der Waals surface area contributed by atoms with Crippen molar-refractivity contribution < 1.29 is 9.59 Å². The highest BCUT2D eigenvalue weighted by atomic mass is 32.2. The lowest BCUT2D eigenvalue weighted by Gasteiger charge is -2.30. The zero-order valence-corrected chi connectivity index (χ0v) is 14.0. The van der Waals surface area contributed by atoms with Gasteiger partial charge in [-0.1, -0.05) is 36.4 Å². The highest BCUT2D eigenvalue weighted by Crippen LogP contribution is 2.34. The zero-order valence-electron chi connectivity index (χ0n) is 13.2. The van der Waals surface area contributed by atoms with Crippen molar-refractivity contribution in [3.05, 3.63) is 67.3 Å². The molecule has 24 heavy (non-hydrogen) atoms. The number of fused-ring (bicyclic) bond motifs is 1. The van der Waals surface area contributed by atoms with Gasteiger partial charge in [0, 0.05) is 17.1 Å². The van der Waals surface area contributed by atoms with Crippen molar-refractivity contribution in [2.24, 2.45) is 0 Å². The minimum absolute atomic E-state index is 0.0269. The van der Waals surface area contributed by atoms with Gasteiger partial charge in [-0.15, -0.1) is 18.3 Å². The molecule has 0 aliphatic carbocycles. The SMILES string of the molecule is C=CCN(C(=O)CN1C(=O)CSc2ccccc21)c1ccccc1. The number of hydrogen-bond donors (Lipinski definition) is 0. The van der Waals surface area contributed by atoms with Gasteiger partial charge in [-0.3, -0.25) is 9.59 Å². The molecule has 122 valence electrons. The third-order valence-electron chi connectivity index (χ3n) is 3.78. The molecule has 0 aromatic heterocycles. The van der Waals surface area contributed by atoms with Gasteiger partial charge in [0.15, 0.2) is 0 Å².